The highest BCUT2D eigenvalue weighted by molar-refractivity contribution is 9.12. The Labute approximate surface area is 96.1 Å². The molecule has 0 unspecified atom stereocenters. The van der Waals surface area contributed by atoms with Gasteiger partial charge in [0.1, 0.15) is 0 Å². The maximum absolute atomic E-state index is 11.8. The van der Waals surface area contributed by atoms with Crippen LogP contribution < -0.4 is 0 Å². The average Bonchev–Trinajstić information content (AvgIpc) is 2.25. The molecule has 0 fully saturated rings. The molecule has 2 rings (SSSR count). The zero-order chi connectivity index (χ0) is 11.0. The van der Waals surface area contributed by atoms with Crippen LogP contribution in [0, 0.1) is 0 Å². The Bertz CT molecular complexity index is 486. The third-order valence-electron chi connectivity index (χ3n) is 2.48. The molecule has 0 amide bonds. The molecule has 15 heavy (non-hydrogen) atoms. The lowest BCUT2D eigenvalue weighted by Gasteiger charge is -2.12. The summed E-state index contributed by atoms with van der Waals surface area (Å²) in [5.74, 6) is -0.223. The van der Waals surface area contributed by atoms with Crippen LogP contribution in [0.5, 0.6) is 0 Å². The Morgan fingerprint density at radius 3 is 2.60 bits per heavy atom. The minimum Gasteiger partial charge on any atom is -0.289 e. The lowest BCUT2D eigenvalue weighted by atomic mass is 9.92. The number of hydrogen-bond donors (Lipinski definition) is 0. The first-order chi connectivity index (χ1) is 7.13. The number of halogens is 1. The van der Waals surface area contributed by atoms with Crippen molar-refractivity contribution in [1.29, 1.82) is 0 Å². The summed E-state index contributed by atoms with van der Waals surface area (Å²) < 4.78 is 0.341. The second-order valence-electron chi connectivity index (χ2n) is 3.42. The smallest absolute Gasteiger partial charge is 0.200 e. The van der Waals surface area contributed by atoms with Crippen LogP contribution in [0.15, 0.2) is 28.8 Å². The Morgan fingerprint density at radius 1 is 1.20 bits per heavy atom. The number of allylic oxidation sites excluding steroid dienone is 2. The highest BCUT2D eigenvalue weighted by Gasteiger charge is 2.23. The first-order valence-corrected chi connectivity index (χ1v) is 5.52. The zero-order valence-corrected chi connectivity index (χ0v) is 9.80. The normalized spacial score (nSPS) is 14.9. The number of benzene rings is 1. The van der Waals surface area contributed by atoms with E-state index in [-0.39, 0.29) is 11.6 Å². The molecule has 0 aliphatic heterocycles. The second kappa shape index (κ2) is 3.74. The van der Waals surface area contributed by atoms with Crippen molar-refractivity contribution in [2.24, 2.45) is 0 Å². The topological polar surface area (TPSA) is 34.1 Å². The fourth-order valence-corrected chi connectivity index (χ4v) is 2.02. The number of ketones is 2. The molecule has 0 bridgehead atoms. The molecular weight excluding hydrogens is 256 g/mol. The van der Waals surface area contributed by atoms with Crippen molar-refractivity contribution >= 4 is 27.5 Å². The minimum atomic E-state index is -0.112. The minimum absolute atomic E-state index is 0.111. The van der Waals surface area contributed by atoms with Gasteiger partial charge in [0.05, 0.1) is 4.48 Å². The average molecular weight is 265 g/mol. The van der Waals surface area contributed by atoms with Crippen LogP contribution in [-0.4, -0.2) is 11.6 Å². The van der Waals surface area contributed by atoms with E-state index in [4.69, 9.17) is 0 Å². The number of carbonyl (C=O) groups excluding carboxylic acids is 2. The number of aryl methyl sites for hydroxylation is 1. The number of fused-ring (bicyclic) bond motifs is 1. The van der Waals surface area contributed by atoms with E-state index in [1.807, 2.05) is 13.0 Å². The molecular formula is C12H9BrO2. The van der Waals surface area contributed by atoms with E-state index in [0.29, 0.717) is 15.6 Å². The molecule has 0 radical (unpaired) electrons. The number of rotatable bonds is 1. The van der Waals surface area contributed by atoms with E-state index in [2.05, 4.69) is 15.9 Å². The van der Waals surface area contributed by atoms with Gasteiger partial charge in [-0.15, -0.1) is 0 Å². The van der Waals surface area contributed by atoms with Crippen molar-refractivity contribution in [3.05, 3.63) is 45.4 Å². The van der Waals surface area contributed by atoms with Crippen LogP contribution in [0.25, 0.3) is 0 Å². The maximum atomic E-state index is 11.8. The number of Topliss-reactive ketones (excluding diaryl/α,β-unsaturated/α-hetero) is 1. The summed E-state index contributed by atoms with van der Waals surface area (Å²) in [4.78, 5) is 23.3. The van der Waals surface area contributed by atoms with Crippen molar-refractivity contribution in [1.82, 2.24) is 0 Å². The van der Waals surface area contributed by atoms with Crippen molar-refractivity contribution in [2.45, 2.75) is 13.3 Å². The van der Waals surface area contributed by atoms with Gasteiger partial charge in [-0.05, 0) is 34.0 Å². The fraction of sp³-hybridized carbons (Fsp3) is 0.167. The Hall–Kier alpha value is -1.22. The molecule has 2 nitrogen and oxygen atoms in total. The molecule has 1 aromatic rings. The largest absolute Gasteiger partial charge is 0.289 e. The Morgan fingerprint density at radius 2 is 1.93 bits per heavy atom. The van der Waals surface area contributed by atoms with Crippen molar-refractivity contribution in [3.8, 4) is 0 Å². The summed E-state index contributed by atoms with van der Waals surface area (Å²) in [6.07, 6.45) is 2.19. The van der Waals surface area contributed by atoms with Crippen LogP contribution in [0.2, 0.25) is 0 Å². The van der Waals surface area contributed by atoms with E-state index >= 15 is 0 Å². The summed E-state index contributed by atoms with van der Waals surface area (Å²) in [6.45, 7) is 2.02. The highest BCUT2D eigenvalue weighted by atomic mass is 79.9. The van der Waals surface area contributed by atoms with Gasteiger partial charge in [0.2, 0.25) is 5.78 Å². The highest BCUT2D eigenvalue weighted by Crippen LogP contribution is 2.25. The van der Waals surface area contributed by atoms with Crippen LogP contribution in [0.1, 0.15) is 33.2 Å². The number of hydrogen-bond acceptors (Lipinski definition) is 2. The molecule has 1 aliphatic carbocycles. The van der Waals surface area contributed by atoms with Gasteiger partial charge in [-0.2, -0.15) is 0 Å². The summed E-state index contributed by atoms with van der Waals surface area (Å²) in [6, 6.07) is 5.41. The van der Waals surface area contributed by atoms with E-state index < -0.39 is 0 Å². The van der Waals surface area contributed by atoms with Crippen LogP contribution in [0.4, 0.5) is 0 Å². The molecule has 0 atom stereocenters. The summed E-state index contributed by atoms with van der Waals surface area (Å²) >= 11 is 3.10. The first kappa shape index (κ1) is 10.3. The van der Waals surface area contributed by atoms with E-state index in [9.17, 15) is 9.59 Å². The molecule has 3 heteroatoms. The molecule has 76 valence electrons. The molecule has 0 aromatic heterocycles. The summed E-state index contributed by atoms with van der Waals surface area (Å²) in [7, 11) is 0. The third kappa shape index (κ3) is 1.67. The fourth-order valence-electron chi connectivity index (χ4n) is 1.60. The monoisotopic (exact) mass is 264 g/mol. The summed E-state index contributed by atoms with van der Waals surface area (Å²) in [5, 5.41) is 0. The predicted octanol–water partition coefficient (Wildman–Crippen LogP) is 2.91. The van der Waals surface area contributed by atoms with Gasteiger partial charge < -0.3 is 0 Å². The van der Waals surface area contributed by atoms with Crippen LogP contribution in [0.3, 0.4) is 0 Å². The zero-order valence-electron chi connectivity index (χ0n) is 8.21. The maximum Gasteiger partial charge on any atom is 0.200 e. The van der Waals surface area contributed by atoms with Gasteiger partial charge >= 0.3 is 0 Å². The Kier molecular flexibility index (Phi) is 2.57. The SMILES string of the molecule is CCc1ccc2c(c1)C(=O)C(Br)=CC2=O. The Balaban J connectivity index is 2.62. The molecule has 0 heterocycles. The lowest BCUT2D eigenvalue weighted by Crippen LogP contribution is -2.14. The van der Waals surface area contributed by atoms with E-state index in [0.717, 1.165) is 12.0 Å². The molecule has 0 spiro atoms. The van der Waals surface area contributed by atoms with E-state index in [1.54, 1.807) is 12.1 Å². The van der Waals surface area contributed by atoms with Crippen LogP contribution >= 0.6 is 15.9 Å². The number of carbonyl (C=O) groups is 2. The van der Waals surface area contributed by atoms with Crippen molar-refractivity contribution < 1.29 is 9.59 Å². The standard InChI is InChI=1S/C12H9BrO2/c1-2-7-3-4-8-9(5-7)12(15)10(13)6-11(8)14/h3-6H,2H2,1H3. The van der Waals surface area contributed by atoms with Gasteiger partial charge in [0, 0.05) is 17.2 Å². The molecule has 0 saturated heterocycles. The molecule has 1 aliphatic rings. The van der Waals surface area contributed by atoms with Gasteiger partial charge in [0.25, 0.3) is 0 Å². The van der Waals surface area contributed by atoms with E-state index in [1.165, 1.54) is 6.08 Å². The molecule has 1 aromatic carbocycles. The first-order valence-electron chi connectivity index (χ1n) is 4.72. The second-order valence-corrected chi connectivity index (χ2v) is 4.27. The van der Waals surface area contributed by atoms with Crippen molar-refractivity contribution in [3.63, 3.8) is 0 Å². The lowest BCUT2D eigenvalue weighted by molar-refractivity contribution is 0.0992. The van der Waals surface area contributed by atoms with Gasteiger partial charge in [-0.3, -0.25) is 9.59 Å². The predicted molar refractivity (Wildman–Crippen MR) is 61.5 cm³/mol. The van der Waals surface area contributed by atoms with Crippen LogP contribution in [-0.2, 0) is 6.42 Å². The third-order valence-corrected chi connectivity index (χ3v) is 3.07. The van der Waals surface area contributed by atoms with Gasteiger partial charge in [-0.25, -0.2) is 0 Å². The summed E-state index contributed by atoms with van der Waals surface area (Å²) in [5.41, 5.74) is 2.08. The quantitative estimate of drug-likeness (QED) is 0.782. The molecule has 0 saturated carbocycles. The van der Waals surface area contributed by atoms with Gasteiger partial charge in [0.15, 0.2) is 5.78 Å². The molecule has 0 N–H and O–H groups in total. The van der Waals surface area contributed by atoms with Crippen molar-refractivity contribution in [2.75, 3.05) is 0 Å². The van der Waals surface area contributed by atoms with Gasteiger partial charge in [-0.1, -0.05) is 19.1 Å².